The molecule has 1 saturated heterocycles. The van der Waals surface area contributed by atoms with Crippen LogP contribution in [0.15, 0.2) is 11.6 Å². The Morgan fingerprint density at radius 2 is 1.06 bits per heavy atom. The molecule has 192 valence electrons. The SMILES string of the molecule is CCC/C=C(\C)C(CCCCCCCCCCCCCCCCCCC)N1C(=O)CCC1=O. The third kappa shape index (κ3) is 14.0. The number of hydrogen-bond donors (Lipinski definition) is 0. The zero-order valence-corrected chi connectivity index (χ0v) is 22.5. The summed E-state index contributed by atoms with van der Waals surface area (Å²) in [5, 5.41) is 0. The molecule has 1 atom stereocenters. The van der Waals surface area contributed by atoms with E-state index in [2.05, 4.69) is 26.8 Å². The second-order valence-corrected chi connectivity index (χ2v) is 10.4. The van der Waals surface area contributed by atoms with Gasteiger partial charge < -0.3 is 0 Å². The molecule has 0 spiro atoms. The van der Waals surface area contributed by atoms with E-state index < -0.39 is 0 Å². The Bertz CT molecular complexity index is 523. The topological polar surface area (TPSA) is 37.4 Å². The van der Waals surface area contributed by atoms with Crippen molar-refractivity contribution in [3.05, 3.63) is 11.6 Å². The highest BCUT2D eigenvalue weighted by Crippen LogP contribution is 2.25. The third-order valence-electron chi connectivity index (χ3n) is 7.26. The second kappa shape index (κ2) is 20.3. The summed E-state index contributed by atoms with van der Waals surface area (Å²) in [6.07, 6.45) is 29.4. The maximum Gasteiger partial charge on any atom is 0.230 e. The standard InChI is InChI=1S/C30H55NO2/c1-4-6-8-9-10-11-12-13-14-15-16-17-18-19-20-21-22-24-28(27(3)23-7-5-2)31-29(32)25-26-30(31)33/h23,28H,4-22,24-26H2,1-3H3/b27-23+. The lowest BCUT2D eigenvalue weighted by Crippen LogP contribution is -2.40. The van der Waals surface area contributed by atoms with Gasteiger partial charge in [-0.15, -0.1) is 0 Å². The molecule has 2 amide bonds. The number of allylic oxidation sites excluding steroid dienone is 1. The number of nitrogens with zero attached hydrogens (tertiary/aromatic N) is 1. The number of carbonyl (C=O) groups excluding carboxylic acids is 2. The fraction of sp³-hybridized carbons (Fsp3) is 0.867. The highest BCUT2D eigenvalue weighted by Gasteiger charge is 2.35. The first kappa shape index (κ1) is 29.9. The molecule has 0 N–H and O–H groups in total. The summed E-state index contributed by atoms with van der Waals surface area (Å²) in [6.45, 7) is 6.56. The van der Waals surface area contributed by atoms with Gasteiger partial charge >= 0.3 is 0 Å². The van der Waals surface area contributed by atoms with E-state index in [0.717, 1.165) is 25.7 Å². The molecule has 1 unspecified atom stereocenters. The zero-order chi connectivity index (χ0) is 24.2. The minimum Gasteiger partial charge on any atom is -0.275 e. The number of carbonyl (C=O) groups is 2. The van der Waals surface area contributed by atoms with Crippen molar-refractivity contribution in [1.29, 1.82) is 0 Å². The van der Waals surface area contributed by atoms with Crippen LogP contribution in [0.3, 0.4) is 0 Å². The summed E-state index contributed by atoms with van der Waals surface area (Å²) in [6, 6.07) is -0.00427. The lowest BCUT2D eigenvalue weighted by Gasteiger charge is -2.27. The molecule has 0 saturated carbocycles. The molecule has 1 heterocycles. The van der Waals surface area contributed by atoms with Crippen LogP contribution in [0.4, 0.5) is 0 Å². The van der Waals surface area contributed by atoms with Gasteiger partial charge in [0.1, 0.15) is 0 Å². The van der Waals surface area contributed by atoms with Crippen LogP contribution in [0.1, 0.15) is 162 Å². The fourth-order valence-corrected chi connectivity index (χ4v) is 5.07. The maximum absolute atomic E-state index is 12.3. The quantitative estimate of drug-likeness (QED) is 0.0914. The first-order chi connectivity index (χ1) is 16.1. The van der Waals surface area contributed by atoms with Crippen LogP contribution in [-0.4, -0.2) is 22.8 Å². The maximum atomic E-state index is 12.3. The Morgan fingerprint density at radius 1 is 0.667 bits per heavy atom. The molecule has 1 aliphatic rings. The van der Waals surface area contributed by atoms with Crippen molar-refractivity contribution in [3.8, 4) is 0 Å². The molecule has 0 aromatic heterocycles. The molecule has 1 fully saturated rings. The van der Waals surface area contributed by atoms with Crippen LogP contribution in [0.2, 0.25) is 0 Å². The first-order valence-electron chi connectivity index (χ1n) is 14.6. The summed E-state index contributed by atoms with van der Waals surface area (Å²) in [7, 11) is 0. The summed E-state index contributed by atoms with van der Waals surface area (Å²) in [5.74, 6) is 0.0578. The Hall–Kier alpha value is -1.12. The van der Waals surface area contributed by atoms with E-state index in [-0.39, 0.29) is 17.9 Å². The predicted molar refractivity (Wildman–Crippen MR) is 142 cm³/mol. The van der Waals surface area contributed by atoms with E-state index in [1.807, 2.05) is 0 Å². The largest absolute Gasteiger partial charge is 0.275 e. The van der Waals surface area contributed by atoms with E-state index in [1.54, 1.807) is 4.90 Å². The first-order valence-corrected chi connectivity index (χ1v) is 14.6. The van der Waals surface area contributed by atoms with Crippen molar-refractivity contribution in [2.45, 2.75) is 168 Å². The highest BCUT2D eigenvalue weighted by atomic mass is 16.2. The van der Waals surface area contributed by atoms with Crippen LogP contribution in [-0.2, 0) is 9.59 Å². The van der Waals surface area contributed by atoms with Crippen molar-refractivity contribution >= 4 is 11.8 Å². The average Bonchev–Trinajstić information content (AvgIpc) is 3.14. The van der Waals surface area contributed by atoms with Crippen LogP contribution in [0.5, 0.6) is 0 Å². The van der Waals surface area contributed by atoms with Gasteiger partial charge in [0.05, 0.1) is 6.04 Å². The molecule has 33 heavy (non-hydrogen) atoms. The van der Waals surface area contributed by atoms with Crippen molar-refractivity contribution in [3.63, 3.8) is 0 Å². The minimum absolute atomic E-state index is 0.00427. The summed E-state index contributed by atoms with van der Waals surface area (Å²) in [5.41, 5.74) is 1.21. The number of hydrogen-bond acceptors (Lipinski definition) is 2. The average molecular weight is 462 g/mol. The van der Waals surface area contributed by atoms with E-state index in [9.17, 15) is 9.59 Å². The summed E-state index contributed by atoms with van der Waals surface area (Å²) >= 11 is 0. The Morgan fingerprint density at radius 3 is 1.45 bits per heavy atom. The van der Waals surface area contributed by atoms with E-state index >= 15 is 0 Å². The molecular weight excluding hydrogens is 406 g/mol. The van der Waals surface area contributed by atoms with Gasteiger partial charge in [0.25, 0.3) is 0 Å². The number of imide groups is 1. The molecule has 1 rings (SSSR count). The molecule has 0 radical (unpaired) electrons. The minimum atomic E-state index is -0.00427. The zero-order valence-electron chi connectivity index (χ0n) is 22.5. The fourth-order valence-electron chi connectivity index (χ4n) is 5.07. The lowest BCUT2D eigenvalue weighted by atomic mass is 9.97. The van der Waals surface area contributed by atoms with Crippen LogP contribution < -0.4 is 0 Å². The predicted octanol–water partition coefficient (Wildman–Crippen LogP) is 9.29. The number of amides is 2. The normalized spacial score (nSPS) is 15.6. The van der Waals surface area contributed by atoms with Crippen molar-refractivity contribution in [2.24, 2.45) is 0 Å². The Labute approximate surface area is 206 Å². The summed E-state index contributed by atoms with van der Waals surface area (Å²) in [4.78, 5) is 26.1. The van der Waals surface area contributed by atoms with Gasteiger partial charge in [-0.3, -0.25) is 14.5 Å². The highest BCUT2D eigenvalue weighted by molar-refractivity contribution is 6.02. The smallest absolute Gasteiger partial charge is 0.230 e. The molecule has 0 aliphatic carbocycles. The van der Waals surface area contributed by atoms with E-state index in [1.165, 1.54) is 108 Å². The van der Waals surface area contributed by atoms with Crippen molar-refractivity contribution < 1.29 is 9.59 Å². The van der Waals surface area contributed by atoms with E-state index in [4.69, 9.17) is 0 Å². The van der Waals surface area contributed by atoms with Gasteiger partial charge in [0, 0.05) is 12.8 Å². The van der Waals surface area contributed by atoms with Gasteiger partial charge in [-0.05, 0) is 19.8 Å². The van der Waals surface area contributed by atoms with Crippen molar-refractivity contribution in [1.82, 2.24) is 4.90 Å². The number of likely N-dealkylation sites (tertiary alicyclic amines) is 1. The molecule has 1 aliphatic heterocycles. The Balaban J connectivity index is 2.04. The molecule has 3 nitrogen and oxygen atoms in total. The van der Waals surface area contributed by atoms with Crippen molar-refractivity contribution in [2.75, 3.05) is 0 Å². The molecule has 3 heteroatoms. The molecule has 0 aromatic rings. The van der Waals surface area contributed by atoms with Gasteiger partial charge in [0.15, 0.2) is 0 Å². The van der Waals surface area contributed by atoms with Crippen LogP contribution in [0.25, 0.3) is 0 Å². The van der Waals surface area contributed by atoms with Gasteiger partial charge in [-0.1, -0.05) is 141 Å². The monoisotopic (exact) mass is 461 g/mol. The van der Waals surface area contributed by atoms with Gasteiger partial charge in [-0.25, -0.2) is 0 Å². The summed E-state index contributed by atoms with van der Waals surface area (Å²) < 4.78 is 0. The van der Waals surface area contributed by atoms with Gasteiger partial charge in [-0.2, -0.15) is 0 Å². The number of rotatable bonds is 22. The van der Waals surface area contributed by atoms with Crippen LogP contribution >= 0.6 is 0 Å². The van der Waals surface area contributed by atoms with Crippen LogP contribution in [0, 0.1) is 0 Å². The second-order valence-electron chi connectivity index (χ2n) is 10.4. The molecular formula is C30H55NO2. The molecule has 0 aromatic carbocycles. The number of unbranched alkanes of at least 4 members (excludes halogenated alkanes) is 17. The van der Waals surface area contributed by atoms with E-state index in [0.29, 0.717) is 12.8 Å². The van der Waals surface area contributed by atoms with Gasteiger partial charge in [0.2, 0.25) is 11.8 Å². The molecule has 0 bridgehead atoms. The third-order valence-corrected chi connectivity index (χ3v) is 7.26. The lowest BCUT2D eigenvalue weighted by molar-refractivity contribution is -0.140. The Kier molecular flexibility index (Phi) is 18.4.